The molecular formula is C22H19ClN2O5S2. The van der Waals surface area contributed by atoms with Crippen LogP contribution in [0.2, 0.25) is 4.34 Å². The van der Waals surface area contributed by atoms with Gasteiger partial charge in [-0.2, -0.15) is 0 Å². The molecule has 0 fully saturated rings. The van der Waals surface area contributed by atoms with Crippen LogP contribution in [0.25, 0.3) is 0 Å². The van der Waals surface area contributed by atoms with Gasteiger partial charge in [0.15, 0.2) is 6.10 Å². The lowest BCUT2D eigenvalue weighted by Crippen LogP contribution is -2.39. The summed E-state index contributed by atoms with van der Waals surface area (Å²) in [6.07, 6.45) is -0.311. The number of halogens is 1. The summed E-state index contributed by atoms with van der Waals surface area (Å²) in [6.45, 7) is 2.02. The molecule has 0 spiro atoms. The van der Waals surface area contributed by atoms with Crippen molar-refractivity contribution in [2.45, 2.75) is 23.7 Å². The normalized spacial score (nSPS) is 14.0. The number of carbonyl (C=O) groups is 2. The van der Waals surface area contributed by atoms with E-state index in [9.17, 15) is 18.0 Å². The first-order chi connectivity index (χ1) is 15.3. The molecule has 1 aliphatic rings. The van der Waals surface area contributed by atoms with E-state index in [-0.39, 0.29) is 21.4 Å². The van der Waals surface area contributed by atoms with Crippen molar-refractivity contribution < 1.29 is 22.7 Å². The van der Waals surface area contributed by atoms with Gasteiger partial charge >= 0.3 is 5.97 Å². The summed E-state index contributed by atoms with van der Waals surface area (Å²) in [6, 6.07) is 16.5. The topological polar surface area (TPSA) is 92.8 Å². The molecule has 0 saturated carbocycles. The van der Waals surface area contributed by atoms with Crippen molar-refractivity contribution in [3.63, 3.8) is 0 Å². The number of benzene rings is 2. The van der Waals surface area contributed by atoms with Crippen LogP contribution in [0.5, 0.6) is 0 Å². The van der Waals surface area contributed by atoms with E-state index in [1.54, 1.807) is 17.0 Å². The van der Waals surface area contributed by atoms with Crippen LogP contribution in [0.15, 0.2) is 64.9 Å². The first-order valence-corrected chi connectivity index (χ1v) is 12.4. The highest BCUT2D eigenvalue weighted by Crippen LogP contribution is 2.30. The Bertz CT molecular complexity index is 1290. The van der Waals surface area contributed by atoms with Gasteiger partial charge in [-0.25, -0.2) is 13.2 Å². The highest BCUT2D eigenvalue weighted by Gasteiger charge is 2.30. The molecule has 1 amide bonds. The number of ether oxygens (including phenoxy) is 1. The number of para-hydroxylation sites is 2. The number of amides is 1. The Morgan fingerprint density at radius 3 is 2.56 bits per heavy atom. The van der Waals surface area contributed by atoms with Gasteiger partial charge in [0.05, 0.1) is 15.6 Å². The van der Waals surface area contributed by atoms with E-state index in [4.69, 9.17) is 16.3 Å². The van der Waals surface area contributed by atoms with Crippen molar-refractivity contribution in [3.8, 4) is 0 Å². The SMILES string of the molecule is CC(OC(=O)c1ccccc1NS(=O)(=O)c1ccc(Cl)s1)C(=O)N1CCc2ccccc21. The molecule has 1 unspecified atom stereocenters. The third-order valence-electron chi connectivity index (χ3n) is 4.99. The molecule has 1 N–H and O–H groups in total. The van der Waals surface area contributed by atoms with Crippen LogP contribution in [-0.4, -0.2) is 32.9 Å². The molecule has 0 radical (unpaired) electrons. The summed E-state index contributed by atoms with van der Waals surface area (Å²) < 4.78 is 33.4. The highest BCUT2D eigenvalue weighted by molar-refractivity contribution is 7.94. The molecule has 1 atom stereocenters. The van der Waals surface area contributed by atoms with Gasteiger partial charge in [-0.3, -0.25) is 9.52 Å². The minimum Gasteiger partial charge on any atom is -0.449 e. The second-order valence-corrected chi connectivity index (χ2v) is 10.8. The van der Waals surface area contributed by atoms with E-state index in [1.165, 1.54) is 31.2 Å². The highest BCUT2D eigenvalue weighted by atomic mass is 35.5. The van der Waals surface area contributed by atoms with Gasteiger partial charge in [0.2, 0.25) is 0 Å². The molecule has 3 aromatic rings. The smallest absolute Gasteiger partial charge is 0.341 e. The summed E-state index contributed by atoms with van der Waals surface area (Å²) in [5.74, 6) is -1.14. The van der Waals surface area contributed by atoms with E-state index in [1.807, 2.05) is 24.3 Å². The Morgan fingerprint density at radius 2 is 1.81 bits per heavy atom. The van der Waals surface area contributed by atoms with E-state index >= 15 is 0 Å². The summed E-state index contributed by atoms with van der Waals surface area (Å²) in [7, 11) is -3.94. The molecule has 7 nitrogen and oxygen atoms in total. The molecule has 166 valence electrons. The van der Waals surface area contributed by atoms with Gasteiger partial charge < -0.3 is 9.64 Å². The Balaban J connectivity index is 1.50. The largest absolute Gasteiger partial charge is 0.449 e. The Labute approximate surface area is 194 Å². The number of thiophene rings is 1. The minimum atomic E-state index is -3.94. The zero-order chi connectivity index (χ0) is 22.9. The Hall–Kier alpha value is -2.88. The fourth-order valence-electron chi connectivity index (χ4n) is 3.45. The molecule has 10 heteroatoms. The lowest BCUT2D eigenvalue weighted by molar-refractivity contribution is -0.126. The van der Waals surface area contributed by atoms with E-state index in [2.05, 4.69) is 4.72 Å². The first-order valence-electron chi connectivity index (χ1n) is 9.74. The molecule has 0 saturated heterocycles. The van der Waals surface area contributed by atoms with Crippen molar-refractivity contribution >= 4 is 56.2 Å². The number of hydrogen-bond acceptors (Lipinski definition) is 6. The number of anilines is 2. The second kappa shape index (κ2) is 8.93. The molecule has 1 aliphatic heterocycles. The average molecular weight is 491 g/mol. The monoisotopic (exact) mass is 490 g/mol. The van der Waals surface area contributed by atoms with Gasteiger partial charge in [-0.15, -0.1) is 11.3 Å². The summed E-state index contributed by atoms with van der Waals surface area (Å²) in [5.41, 5.74) is 1.92. The number of hydrogen-bond donors (Lipinski definition) is 1. The van der Waals surface area contributed by atoms with Crippen molar-refractivity contribution in [3.05, 3.63) is 76.1 Å². The standard InChI is InChI=1S/C22H19ClN2O5S2/c1-14(21(26)25-13-12-15-6-2-5-9-18(15)25)30-22(27)16-7-3-4-8-17(16)24-32(28,29)20-11-10-19(23)31-20/h2-11,14,24H,12-13H2,1H3. The zero-order valence-corrected chi connectivity index (χ0v) is 19.3. The number of nitrogens with one attached hydrogen (secondary N) is 1. The predicted octanol–water partition coefficient (Wildman–Crippen LogP) is 4.34. The van der Waals surface area contributed by atoms with Gasteiger partial charge in [0, 0.05) is 12.2 Å². The molecule has 2 aromatic carbocycles. The average Bonchev–Trinajstić information content (AvgIpc) is 3.40. The van der Waals surface area contributed by atoms with Crippen LogP contribution in [0.3, 0.4) is 0 Å². The van der Waals surface area contributed by atoms with Crippen LogP contribution < -0.4 is 9.62 Å². The third kappa shape index (κ3) is 4.50. The molecular weight excluding hydrogens is 472 g/mol. The maximum atomic E-state index is 12.9. The van der Waals surface area contributed by atoms with Crippen LogP contribution in [0, 0.1) is 0 Å². The molecule has 0 aliphatic carbocycles. The predicted molar refractivity (Wildman–Crippen MR) is 124 cm³/mol. The van der Waals surface area contributed by atoms with Gasteiger partial charge in [0.1, 0.15) is 4.21 Å². The maximum absolute atomic E-state index is 12.9. The molecule has 32 heavy (non-hydrogen) atoms. The van der Waals surface area contributed by atoms with Gasteiger partial charge in [-0.1, -0.05) is 41.9 Å². The lowest BCUT2D eigenvalue weighted by Gasteiger charge is -2.22. The van der Waals surface area contributed by atoms with E-state index in [0.29, 0.717) is 10.9 Å². The van der Waals surface area contributed by atoms with Crippen molar-refractivity contribution in [2.24, 2.45) is 0 Å². The zero-order valence-electron chi connectivity index (χ0n) is 16.9. The van der Waals surface area contributed by atoms with E-state index in [0.717, 1.165) is 29.0 Å². The first kappa shape index (κ1) is 22.3. The van der Waals surface area contributed by atoms with Crippen LogP contribution in [0.1, 0.15) is 22.8 Å². The van der Waals surface area contributed by atoms with Crippen molar-refractivity contribution in [1.82, 2.24) is 0 Å². The van der Waals surface area contributed by atoms with Gasteiger partial charge in [0.25, 0.3) is 15.9 Å². The fraction of sp³-hybridized carbons (Fsp3) is 0.182. The van der Waals surface area contributed by atoms with E-state index < -0.39 is 22.1 Å². The molecule has 2 heterocycles. The number of fused-ring (bicyclic) bond motifs is 1. The number of rotatable bonds is 6. The lowest BCUT2D eigenvalue weighted by atomic mass is 10.2. The summed E-state index contributed by atoms with van der Waals surface area (Å²) >= 11 is 6.74. The second-order valence-electron chi connectivity index (χ2n) is 7.13. The quantitative estimate of drug-likeness (QED) is 0.519. The molecule has 4 rings (SSSR count). The van der Waals surface area contributed by atoms with Crippen molar-refractivity contribution in [2.75, 3.05) is 16.2 Å². The summed E-state index contributed by atoms with van der Waals surface area (Å²) in [4.78, 5) is 27.3. The Kier molecular flexibility index (Phi) is 6.23. The number of esters is 1. The number of nitrogens with zero attached hydrogens (tertiary/aromatic N) is 1. The Morgan fingerprint density at radius 1 is 1.09 bits per heavy atom. The molecule has 0 bridgehead atoms. The minimum absolute atomic E-state index is 0.000185. The third-order valence-corrected chi connectivity index (χ3v) is 8.08. The summed E-state index contributed by atoms with van der Waals surface area (Å²) in [5, 5.41) is 0. The maximum Gasteiger partial charge on any atom is 0.341 e. The van der Waals surface area contributed by atoms with Gasteiger partial charge in [-0.05, 0) is 49.2 Å². The number of carbonyl (C=O) groups excluding carboxylic acids is 2. The number of sulfonamides is 1. The van der Waals surface area contributed by atoms with Crippen LogP contribution in [-0.2, 0) is 26.0 Å². The molecule has 1 aromatic heterocycles. The van der Waals surface area contributed by atoms with Crippen molar-refractivity contribution in [1.29, 1.82) is 0 Å². The van der Waals surface area contributed by atoms with Crippen LogP contribution in [0.4, 0.5) is 11.4 Å². The fourth-order valence-corrected chi connectivity index (χ4v) is 6.01. The van der Waals surface area contributed by atoms with Crippen LogP contribution >= 0.6 is 22.9 Å².